The largest absolute Gasteiger partial charge is 0.329 e. The lowest BCUT2D eigenvalue weighted by molar-refractivity contribution is 0.114. The lowest BCUT2D eigenvalue weighted by Gasteiger charge is -2.36. The molecule has 11 heteroatoms. The summed E-state index contributed by atoms with van der Waals surface area (Å²) in [5.74, 6) is 0. The molecule has 0 bridgehead atoms. The van der Waals surface area contributed by atoms with Gasteiger partial charge in [0.25, 0.3) is 0 Å². The van der Waals surface area contributed by atoms with Gasteiger partial charge in [-0.2, -0.15) is 9.98 Å². The molecular weight excluding hydrogens is 440 g/mol. The summed E-state index contributed by atoms with van der Waals surface area (Å²) in [4.78, 5) is 74.8. The fourth-order valence-corrected chi connectivity index (χ4v) is 4.46. The van der Waals surface area contributed by atoms with Crippen molar-refractivity contribution in [1.82, 2.24) is 14.7 Å². The molecular formula is C23H34N6O5. The normalized spacial score (nSPS) is 21.6. The van der Waals surface area contributed by atoms with Crippen LogP contribution < -0.4 is 0 Å². The first-order chi connectivity index (χ1) is 16.6. The van der Waals surface area contributed by atoms with Crippen molar-refractivity contribution in [1.29, 1.82) is 0 Å². The van der Waals surface area contributed by atoms with Crippen LogP contribution in [0.1, 0.15) is 77.0 Å². The minimum atomic E-state index is -0.675. The quantitative estimate of drug-likeness (QED) is 0.287. The van der Waals surface area contributed by atoms with Crippen molar-refractivity contribution in [3.63, 3.8) is 0 Å². The zero-order valence-electron chi connectivity index (χ0n) is 19.7. The maximum absolute atomic E-state index is 13.6. The number of imide groups is 1. The lowest BCUT2D eigenvalue weighted by atomic mass is 10.1. The molecule has 2 heterocycles. The summed E-state index contributed by atoms with van der Waals surface area (Å²) in [6.45, 7) is 1.43. The molecule has 2 rings (SSSR count). The van der Waals surface area contributed by atoms with Crippen LogP contribution >= 0.6 is 0 Å². The molecule has 0 radical (unpaired) electrons. The first-order valence-corrected chi connectivity index (χ1v) is 12.2. The monoisotopic (exact) mass is 474 g/mol. The Balaban J connectivity index is 2.19. The van der Waals surface area contributed by atoms with Crippen LogP contribution in [0.15, 0.2) is 15.0 Å². The third-order valence-electron chi connectivity index (χ3n) is 6.27. The van der Waals surface area contributed by atoms with Crippen molar-refractivity contribution in [2.45, 2.75) is 89.4 Å². The molecule has 2 aliphatic heterocycles. The van der Waals surface area contributed by atoms with Crippen molar-refractivity contribution < 1.29 is 24.0 Å². The van der Waals surface area contributed by atoms with E-state index in [1.807, 2.05) is 0 Å². The molecule has 2 unspecified atom stereocenters. The van der Waals surface area contributed by atoms with E-state index < -0.39 is 24.4 Å². The van der Waals surface area contributed by atoms with E-state index in [9.17, 15) is 24.0 Å². The molecule has 0 aromatic rings. The molecule has 0 saturated carbocycles. The summed E-state index contributed by atoms with van der Waals surface area (Å²) >= 11 is 0. The molecule has 2 aliphatic rings. The SMILES string of the molecule is O=C=NCCCCCCN1C(=O)N(C(=O)N2CCCCCC2N=C=O)CCCCCC1N=C=O. The highest BCUT2D eigenvalue weighted by Gasteiger charge is 2.36. The topological polar surface area (TPSA) is 132 Å². The Kier molecular flexibility index (Phi) is 12.5. The number of carbonyl (C=O) groups excluding carboxylic acids is 5. The summed E-state index contributed by atoms with van der Waals surface area (Å²) in [6, 6.07) is -0.956. The van der Waals surface area contributed by atoms with E-state index in [1.165, 1.54) is 20.8 Å². The second kappa shape index (κ2) is 15.7. The van der Waals surface area contributed by atoms with Crippen molar-refractivity contribution in [2.75, 3.05) is 26.2 Å². The number of rotatable bonds is 9. The van der Waals surface area contributed by atoms with Crippen LogP contribution in [0.25, 0.3) is 0 Å². The molecule has 0 aromatic heterocycles. The number of urea groups is 2. The van der Waals surface area contributed by atoms with Crippen molar-refractivity contribution in [3.05, 3.63) is 0 Å². The van der Waals surface area contributed by atoms with Gasteiger partial charge in [0.1, 0.15) is 12.3 Å². The Labute approximate surface area is 200 Å². The van der Waals surface area contributed by atoms with Crippen LogP contribution in [0.4, 0.5) is 9.59 Å². The van der Waals surface area contributed by atoms with Gasteiger partial charge in [0.05, 0.1) is 6.54 Å². The number of unbranched alkanes of at least 4 members (excludes halogenated alkanes) is 3. The third-order valence-corrected chi connectivity index (χ3v) is 6.27. The van der Waals surface area contributed by atoms with E-state index in [4.69, 9.17) is 0 Å². The number of nitrogens with zero attached hydrogens (tertiary/aromatic N) is 6. The molecule has 0 N–H and O–H groups in total. The molecule has 0 aromatic carbocycles. The van der Waals surface area contributed by atoms with Gasteiger partial charge in [0, 0.05) is 19.6 Å². The molecule has 2 atom stereocenters. The van der Waals surface area contributed by atoms with E-state index >= 15 is 0 Å². The van der Waals surface area contributed by atoms with E-state index in [0.717, 1.165) is 51.4 Å². The van der Waals surface area contributed by atoms with E-state index in [2.05, 4.69) is 15.0 Å². The first-order valence-electron chi connectivity index (χ1n) is 12.2. The van der Waals surface area contributed by atoms with Crippen LogP contribution in [0.3, 0.4) is 0 Å². The predicted octanol–water partition coefficient (Wildman–Crippen LogP) is 3.50. The van der Waals surface area contributed by atoms with Gasteiger partial charge in [-0.1, -0.05) is 25.7 Å². The Bertz CT molecular complexity index is 817. The maximum Gasteiger partial charge on any atom is 0.329 e. The highest BCUT2D eigenvalue weighted by Crippen LogP contribution is 2.23. The van der Waals surface area contributed by atoms with Gasteiger partial charge in [0.15, 0.2) is 0 Å². The molecule has 2 saturated heterocycles. The number of likely N-dealkylation sites (tertiary alicyclic amines) is 1. The van der Waals surface area contributed by atoms with Crippen molar-refractivity contribution in [3.8, 4) is 0 Å². The highest BCUT2D eigenvalue weighted by atomic mass is 16.2. The zero-order valence-corrected chi connectivity index (χ0v) is 19.7. The minimum absolute atomic E-state index is 0.253. The van der Waals surface area contributed by atoms with Gasteiger partial charge < -0.3 is 9.80 Å². The standard InChI is InChI=1S/C23H34N6O5/c30-17-24-13-7-1-2-8-14-27-20(25-18-31)12-6-4-10-16-29(22(27)33)23(34)28-15-9-3-5-11-21(28)26-19-32/h20-21H,1-16H2. The predicted molar refractivity (Wildman–Crippen MR) is 123 cm³/mol. The van der Waals surface area contributed by atoms with Gasteiger partial charge >= 0.3 is 12.1 Å². The Morgan fingerprint density at radius 3 is 2.15 bits per heavy atom. The smallest absolute Gasteiger partial charge is 0.301 e. The summed E-state index contributed by atoms with van der Waals surface area (Å²) in [5, 5.41) is 0. The van der Waals surface area contributed by atoms with E-state index in [0.29, 0.717) is 45.3 Å². The summed E-state index contributed by atoms with van der Waals surface area (Å²) < 4.78 is 0. The van der Waals surface area contributed by atoms with Crippen LogP contribution in [0.5, 0.6) is 0 Å². The summed E-state index contributed by atoms with van der Waals surface area (Å²) in [6.07, 6.45) is 12.2. The van der Waals surface area contributed by atoms with Gasteiger partial charge in [0.2, 0.25) is 18.2 Å². The summed E-state index contributed by atoms with van der Waals surface area (Å²) in [5.41, 5.74) is 0. The maximum atomic E-state index is 13.6. The molecule has 0 aliphatic carbocycles. The number of isocyanates is 3. The fraction of sp³-hybridized carbons (Fsp3) is 0.783. The minimum Gasteiger partial charge on any atom is -0.301 e. The molecule has 4 amide bonds. The van der Waals surface area contributed by atoms with Gasteiger partial charge in [-0.3, -0.25) is 0 Å². The van der Waals surface area contributed by atoms with Crippen molar-refractivity contribution in [2.24, 2.45) is 15.0 Å². The molecule has 2 fully saturated rings. The first kappa shape index (κ1) is 27.1. The van der Waals surface area contributed by atoms with Gasteiger partial charge in [-0.05, 0) is 51.4 Å². The van der Waals surface area contributed by atoms with E-state index in [1.54, 1.807) is 12.2 Å². The molecule has 0 spiro atoms. The third kappa shape index (κ3) is 8.34. The number of amides is 4. The number of aliphatic imine (C=N–C) groups is 3. The summed E-state index contributed by atoms with van der Waals surface area (Å²) in [7, 11) is 0. The van der Waals surface area contributed by atoms with Crippen LogP contribution in [0.2, 0.25) is 0 Å². The second-order valence-corrected chi connectivity index (χ2v) is 8.59. The Morgan fingerprint density at radius 1 is 0.794 bits per heavy atom. The van der Waals surface area contributed by atoms with Crippen LogP contribution in [-0.4, -0.2) is 83.5 Å². The Morgan fingerprint density at radius 2 is 1.44 bits per heavy atom. The van der Waals surface area contributed by atoms with Crippen LogP contribution in [0, 0.1) is 0 Å². The molecule has 186 valence electrons. The van der Waals surface area contributed by atoms with Gasteiger partial charge in [-0.15, -0.1) is 0 Å². The van der Waals surface area contributed by atoms with E-state index in [-0.39, 0.29) is 6.54 Å². The zero-order chi connectivity index (χ0) is 24.6. The molecule has 34 heavy (non-hydrogen) atoms. The lowest BCUT2D eigenvalue weighted by Crippen LogP contribution is -2.55. The average Bonchev–Trinajstić information content (AvgIpc) is 3.04. The number of hydrogen-bond donors (Lipinski definition) is 0. The second-order valence-electron chi connectivity index (χ2n) is 8.59. The van der Waals surface area contributed by atoms with Crippen molar-refractivity contribution >= 4 is 30.3 Å². The number of carbonyl (C=O) groups is 2. The average molecular weight is 475 g/mol. The Hall–Kier alpha value is -3.12. The number of hydrogen-bond acceptors (Lipinski definition) is 8. The fourth-order valence-electron chi connectivity index (χ4n) is 4.46. The van der Waals surface area contributed by atoms with Gasteiger partial charge in [-0.25, -0.2) is 33.9 Å². The molecule has 11 nitrogen and oxygen atoms in total. The van der Waals surface area contributed by atoms with Crippen LogP contribution in [-0.2, 0) is 14.4 Å². The highest BCUT2D eigenvalue weighted by molar-refractivity contribution is 5.94.